The van der Waals surface area contributed by atoms with Crippen LogP contribution in [0.4, 0.5) is 5.69 Å². The van der Waals surface area contributed by atoms with E-state index in [0.717, 1.165) is 22.6 Å². The minimum Gasteiger partial charge on any atom is -0.496 e. The van der Waals surface area contributed by atoms with Crippen LogP contribution >= 0.6 is 0 Å². The minimum absolute atomic E-state index is 0.695. The number of rotatable bonds is 2. The molecule has 1 aliphatic heterocycles. The Morgan fingerprint density at radius 2 is 2.00 bits per heavy atom. The zero-order valence-corrected chi connectivity index (χ0v) is 10.5. The van der Waals surface area contributed by atoms with Crippen LogP contribution in [0.1, 0.15) is 11.1 Å². The van der Waals surface area contributed by atoms with Crippen molar-refractivity contribution >= 4 is 5.69 Å². The van der Waals surface area contributed by atoms with E-state index in [-0.39, 0.29) is 0 Å². The Bertz CT molecular complexity index is 632. The molecule has 0 bridgehead atoms. The smallest absolute Gasteiger partial charge is 0.126 e. The van der Waals surface area contributed by atoms with Gasteiger partial charge in [0.2, 0.25) is 0 Å². The van der Waals surface area contributed by atoms with Gasteiger partial charge in [-0.05, 0) is 30.2 Å². The molecule has 0 saturated heterocycles. The Kier molecular flexibility index (Phi) is 2.59. The molecule has 0 aliphatic carbocycles. The van der Waals surface area contributed by atoms with Crippen LogP contribution in [0.2, 0.25) is 0 Å². The van der Waals surface area contributed by atoms with E-state index >= 15 is 0 Å². The molecule has 2 aromatic rings. The number of hydrogen-bond acceptors (Lipinski definition) is 3. The quantitative estimate of drug-likeness (QED) is 0.769. The Balaban J connectivity index is 2.12. The van der Waals surface area contributed by atoms with E-state index in [1.54, 1.807) is 7.11 Å². The van der Waals surface area contributed by atoms with Crippen molar-refractivity contribution < 1.29 is 4.74 Å². The Morgan fingerprint density at radius 1 is 1.11 bits per heavy atom. The van der Waals surface area contributed by atoms with Gasteiger partial charge in [0.15, 0.2) is 0 Å². The van der Waals surface area contributed by atoms with Crippen molar-refractivity contribution in [2.24, 2.45) is 10.2 Å². The summed E-state index contributed by atoms with van der Waals surface area (Å²) in [5.74, 6) is 0.893. The molecule has 3 heteroatoms. The van der Waals surface area contributed by atoms with Crippen LogP contribution in [0.5, 0.6) is 5.75 Å². The molecular weight excluding hydrogens is 224 g/mol. The van der Waals surface area contributed by atoms with Crippen LogP contribution in [0, 0.1) is 6.92 Å². The zero-order chi connectivity index (χ0) is 12.5. The fourth-order valence-corrected chi connectivity index (χ4v) is 2.18. The maximum Gasteiger partial charge on any atom is 0.126 e. The van der Waals surface area contributed by atoms with Crippen LogP contribution in [-0.2, 0) is 6.54 Å². The van der Waals surface area contributed by atoms with Gasteiger partial charge in [-0.3, -0.25) is 0 Å². The second-order valence-corrected chi connectivity index (χ2v) is 4.45. The van der Waals surface area contributed by atoms with E-state index in [1.165, 1.54) is 11.1 Å². The summed E-state index contributed by atoms with van der Waals surface area (Å²) in [5.41, 5.74) is 5.55. The normalized spacial score (nSPS) is 12.6. The minimum atomic E-state index is 0.695. The lowest BCUT2D eigenvalue weighted by molar-refractivity contribution is 0.416. The van der Waals surface area contributed by atoms with Crippen molar-refractivity contribution in [2.75, 3.05) is 7.11 Å². The Morgan fingerprint density at radius 3 is 2.83 bits per heavy atom. The van der Waals surface area contributed by atoms with Crippen LogP contribution in [0.3, 0.4) is 0 Å². The van der Waals surface area contributed by atoms with Crippen molar-refractivity contribution in [3.05, 3.63) is 47.5 Å². The molecule has 0 amide bonds. The van der Waals surface area contributed by atoms with Crippen molar-refractivity contribution in [1.29, 1.82) is 0 Å². The molecule has 1 aliphatic rings. The third-order valence-corrected chi connectivity index (χ3v) is 3.17. The van der Waals surface area contributed by atoms with Crippen LogP contribution < -0.4 is 4.74 Å². The highest BCUT2D eigenvalue weighted by atomic mass is 16.5. The summed E-state index contributed by atoms with van der Waals surface area (Å²) in [7, 11) is 1.70. The summed E-state index contributed by atoms with van der Waals surface area (Å²) in [5, 5.41) is 8.18. The van der Waals surface area contributed by atoms with Gasteiger partial charge in [0.05, 0.1) is 19.3 Å². The lowest BCUT2D eigenvalue weighted by atomic mass is 10.0. The summed E-state index contributed by atoms with van der Waals surface area (Å²) in [6.07, 6.45) is 0. The lowest BCUT2D eigenvalue weighted by Crippen LogP contribution is -1.89. The van der Waals surface area contributed by atoms with Gasteiger partial charge in [-0.25, -0.2) is 0 Å². The average Bonchev–Trinajstić information content (AvgIpc) is 2.85. The van der Waals surface area contributed by atoms with E-state index in [1.807, 2.05) is 6.07 Å². The highest BCUT2D eigenvalue weighted by Gasteiger charge is 2.11. The highest BCUT2D eigenvalue weighted by Crippen LogP contribution is 2.36. The Hall–Kier alpha value is -2.16. The monoisotopic (exact) mass is 238 g/mol. The van der Waals surface area contributed by atoms with E-state index in [9.17, 15) is 0 Å². The first kappa shape index (κ1) is 11.0. The summed E-state index contributed by atoms with van der Waals surface area (Å²) < 4.78 is 5.45. The summed E-state index contributed by atoms with van der Waals surface area (Å²) in [4.78, 5) is 0. The highest BCUT2D eigenvalue weighted by molar-refractivity contribution is 5.74. The first-order chi connectivity index (χ1) is 8.78. The number of methoxy groups -OCH3 is 1. The van der Waals surface area contributed by atoms with Crippen molar-refractivity contribution in [2.45, 2.75) is 13.5 Å². The SMILES string of the molecule is COc1cc(C)ccc1-c1ccc2c(c1)N=NC2. The molecule has 0 unspecified atom stereocenters. The largest absolute Gasteiger partial charge is 0.496 e. The molecule has 2 aromatic carbocycles. The van der Waals surface area contributed by atoms with Gasteiger partial charge in [0.25, 0.3) is 0 Å². The maximum absolute atomic E-state index is 5.45. The summed E-state index contributed by atoms with van der Waals surface area (Å²) >= 11 is 0. The molecule has 18 heavy (non-hydrogen) atoms. The van der Waals surface area contributed by atoms with Gasteiger partial charge in [-0.1, -0.05) is 24.3 Å². The molecule has 90 valence electrons. The van der Waals surface area contributed by atoms with Gasteiger partial charge < -0.3 is 4.74 Å². The van der Waals surface area contributed by atoms with E-state index in [2.05, 4.69) is 47.5 Å². The number of hydrogen-bond donors (Lipinski definition) is 0. The van der Waals surface area contributed by atoms with Gasteiger partial charge in [-0.2, -0.15) is 10.2 Å². The average molecular weight is 238 g/mol. The molecule has 0 fully saturated rings. The molecular formula is C15H14N2O. The number of aryl methyl sites for hydroxylation is 1. The lowest BCUT2D eigenvalue weighted by Gasteiger charge is -2.10. The Labute approximate surface area is 106 Å². The zero-order valence-electron chi connectivity index (χ0n) is 10.5. The predicted molar refractivity (Wildman–Crippen MR) is 71.4 cm³/mol. The molecule has 0 N–H and O–H groups in total. The fourth-order valence-electron chi connectivity index (χ4n) is 2.18. The topological polar surface area (TPSA) is 34.0 Å². The number of benzene rings is 2. The third kappa shape index (κ3) is 1.78. The number of nitrogens with zero attached hydrogens (tertiary/aromatic N) is 2. The number of azo groups is 1. The van der Waals surface area contributed by atoms with Crippen molar-refractivity contribution in [1.82, 2.24) is 0 Å². The standard InChI is InChI=1S/C15H14N2O/c1-10-3-6-13(15(7-10)18-2)11-4-5-12-9-16-17-14(12)8-11/h3-8H,9H2,1-2H3. The maximum atomic E-state index is 5.45. The first-order valence-electron chi connectivity index (χ1n) is 5.93. The number of fused-ring (bicyclic) bond motifs is 1. The van der Waals surface area contributed by atoms with Crippen LogP contribution in [0.25, 0.3) is 11.1 Å². The predicted octanol–water partition coefficient (Wildman–Crippen LogP) is 4.27. The molecule has 3 rings (SSSR count). The molecule has 0 spiro atoms. The van der Waals surface area contributed by atoms with Crippen molar-refractivity contribution in [3.8, 4) is 16.9 Å². The molecule has 0 atom stereocenters. The second kappa shape index (κ2) is 4.26. The molecule has 3 nitrogen and oxygen atoms in total. The van der Waals surface area contributed by atoms with Crippen LogP contribution in [0.15, 0.2) is 46.6 Å². The second-order valence-electron chi connectivity index (χ2n) is 4.45. The summed E-state index contributed by atoms with van der Waals surface area (Å²) in [6.45, 7) is 2.75. The molecule has 0 saturated carbocycles. The molecule has 0 radical (unpaired) electrons. The summed E-state index contributed by atoms with van der Waals surface area (Å²) in [6, 6.07) is 12.5. The fraction of sp³-hybridized carbons (Fsp3) is 0.200. The van der Waals surface area contributed by atoms with Gasteiger partial charge in [0.1, 0.15) is 5.75 Å². The van der Waals surface area contributed by atoms with E-state index < -0.39 is 0 Å². The third-order valence-electron chi connectivity index (χ3n) is 3.17. The van der Waals surface area contributed by atoms with Gasteiger partial charge in [-0.15, -0.1) is 0 Å². The van der Waals surface area contributed by atoms with Gasteiger partial charge >= 0.3 is 0 Å². The van der Waals surface area contributed by atoms with E-state index in [0.29, 0.717) is 6.54 Å². The van der Waals surface area contributed by atoms with Crippen molar-refractivity contribution in [3.63, 3.8) is 0 Å². The molecule has 1 heterocycles. The van der Waals surface area contributed by atoms with Crippen LogP contribution in [-0.4, -0.2) is 7.11 Å². The molecule has 0 aromatic heterocycles. The van der Waals surface area contributed by atoms with Gasteiger partial charge in [0, 0.05) is 11.1 Å². The first-order valence-corrected chi connectivity index (χ1v) is 5.93. The van der Waals surface area contributed by atoms with E-state index in [4.69, 9.17) is 4.74 Å². The number of ether oxygens (including phenoxy) is 1.